The van der Waals surface area contributed by atoms with Crippen LogP contribution in [-0.2, 0) is 16.1 Å². The Kier molecular flexibility index (Phi) is 5.86. The van der Waals surface area contributed by atoms with E-state index in [-0.39, 0.29) is 23.8 Å². The molecule has 5 nitrogen and oxygen atoms in total. The van der Waals surface area contributed by atoms with Crippen molar-refractivity contribution in [1.82, 2.24) is 5.32 Å². The molecule has 2 unspecified atom stereocenters. The first kappa shape index (κ1) is 18.3. The Morgan fingerprint density at radius 2 is 2.08 bits per heavy atom. The van der Waals surface area contributed by atoms with Gasteiger partial charge in [-0.1, -0.05) is 32.9 Å². The molecule has 24 heavy (non-hydrogen) atoms. The number of rotatable bonds is 6. The highest BCUT2D eigenvalue weighted by molar-refractivity contribution is 5.78. The topological polar surface area (TPSA) is 75.6 Å². The molecule has 0 radical (unpaired) electrons. The molecule has 1 aliphatic carbocycles. The molecule has 1 aromatic carbocycles. The van der Waals surface area contributed by atoms with Crippen LogP contribution < -0.4 is 10.1 Å². The predicted octanol–water partition coefficient (Wildman–Crippen LogP) is 3.23. The molecule has 2 atom stereocenters. The van der Waals surface area contributed by atoms with E-state index in [4.69, 9.17) is 9.84 Å². The van der Waals surface area contributed by atoms with Crippen LogP contribution in [0.3, 0.4) is 0 Å². The fraction of sp³-hybridized carbons (Fsp3) is 0.579. The van der Waals surface area contributed by atoms with E-state index >= 15 is 0 Å². The van der Waals surface area contributed by atoms with Crippen molar-refractivity contribution in [2.75, 3.05) is 6.61 Å². The number of benzene rings is 1. The van der Waals surface area contributed by atoms with E-state index in [0.29, 0.717) is 18.2 Å². The summed E-state index contributed by atoms with van der Waals surface area (Å²) in [5, 5.41) is 11.7. The molecule has 1 amide bonds. The van der Waals surface area contributed by atoms with Gasteiger partial charge in [-0.25, -0.2) is 4.79 Å². The summed E-state index contributed by atoms with van der Waals surface area (Å²) in [4.78, 5) is 23.0. The SMILES string of the molecule is CC1CC(C(=O)NCc2cccc(OCC(=O)O)c2)CC(C)(C)C1. The molecule has 5 heteroatoms. The normalized spacial score (nSPS) is 22.6. The first-order valence-corrected chi connectivity index (χ1v) is 8.46. The Bertz CT molecular complexity index is 597. The summed E-state index contributed by atoms with van der Waals surface area (Å²) >= 11 is 0. The number of hydrogen-bond donors (Lipinski definition) is 2. The van der Waals surface area contributed by atoms with Crippen molar-refractivity contribution in [2.45, 2.75) is 46.6 Å². The lowest BCUT2D eigenvalue weighted by atomic mass is 9.68. The van der Waals surface area contributed by atoms with E-state index in [2.05, 4.69) is 26.1 Å². The van der Waals surface area contributed by atoms with Gasteiger partial charge in [-0.3, -0.25) is 4.79 Å². The van der Waals surface area contributed by atoms with E-state index in [1.165, 1.54) is 6.42 Å². The van der Waals surface area contributed by atoms with Crippen molar-refractivity contribution in [2.24, 2.45) is 17.3 Å². The second-order valence-corrected chi connectivity index (χ2v) is 7.66. The second-order valence-electron chi connectivity index (χ2n) is 7.66. The molecule has 1 aromatic rings. The number of carboxylic acids is 1. The van der Waals surface area contributed by atoms with E-state index in [0.717, 1.165) is 18.4 Å². The summed E-state index contributed by atoms with van der Waals surface area (Å²) in [6, 6.07) is 7.15. The highest BCUT2D eigenvalue weighted by atomic mass is 16.5. The molecular weight excluding hydrogens is 306 g/mol. The zero-order valence-electron chi connectivity index (χ0n) is 14.7. The number of carbonyl (C=O) groups is 2. The minimum atomic E-state index is -1.01. The highest BCUT2D eigenvalue weighted by Gasteiger charge is 2.35. The van der Waals surface area contributed by atoms with Crippen molar-refractivity contribution in [3.05, 3.63) is 29.8 Å². The first-order chi connectivity index (χ1) is 11.2. The summed E-state index contributed by atoms with van der Waals surface area (Å²) in [5.41, 5.74) is 1.11. The van der Waals surface area contributed by atoms with E-state index in [9.17, 15) is 9.59 Å². The Morgan fingerprint density at radius 1 is 1.33 bits per heavy atom. The molecule has 1 aliphatic rings. The van der Waals surface area contributed by atoms with Crippen LogP contribution in [0.15, 0.2) is 24.3 Å². The van der Waals surface area contributed by atoms with Crippen LogP contribution >= 0.6 is 0 Å². The smallest absolute Gasteiger partial charge is 0.341 e. The third-order valence-corrected chi connectivity index (χ3v) is 4.49. The van der Waals surface area contributed by atoms with Gasteiger partial charge in [-0.15, -0.1) is 0 Å². The summed E-state index contributed by atoms with van der Waals surface area (Å²) < 4.78 is 5.16. The van der Waals surface area contributed by atoms with Gasteiger partial charge in [0.05, 0.1) is 0 Å². The molecule has 1 fully saturated rings. The van der Waals surface area contributed by atoms with Crippen LogP contribution in [0.2, 0.25) is 0 Å². The van der Waals surface area contributed by atoms with Gasteiger partial charge in [0.2, 0.25) is 5.91 Å². The van der Waals surface area contributed by atoms with Gasteiger partial charge >= 0.3 is 5.97 Å². The maximum atomic E-state index is 12.5. The Hall–Kier alpha value is -2.04. The predicted molar refractivity (Wildman–Crippen MR) is 91.7 cm³/mol. The average molecular weight is 333 g/mol. The number of carbonyl (C=O) groups excluding carboxylic acids is 1. The molecule has 0 saturated heterocycles. The number of carboxylic acid groups (broad SMARTS) is 1. The van der Waals surface area contributed by atoms with Crippen molar-refractivity contribution in [3.8, 4) is 5.75 Å². The quantitative estimate of drug-likeness (QED) is 0.838. The largest absolute Gasteiger partial charge is 0.482 e. The second kappa shape index (κ2) is 7.69. The van der Waals surface area contributed by atoms with Crippen LogP contribution in [0.5, 0.6) is 5.75 Å². The molecule has 0 aromatic heterocycles. The summed E-state index contributed by atoms with van der Waals surface area (Å²) in [6.45, 7) is 6.72. The lowest BCUT2D eigenvalue weighted by Gasteiger charge is -2.38. The summed E-state index contributed by atoms with van der Waals surface area (Å²) in [7, 11) is 0. The van der Waals surface area contributed by atoms with E-state index < -0.39 is 5.97 Å². The number of ether oxygens (including phenoxy) is 1. The number of amides is 1. The zero-order valence-corrected chi connectivity index (χ0v) is 14.7. The van der Waals surface area contributed by atoms with Gasteiger partial charge in [0, 0.05) is 12.5 Å². The van der Waals surface area contributed by atoms with Gasteiger partial charge in [-0.2, -0.15) is 0 Å². The standard InChI is InChI=1S/C19H27NO4/c1-13-7-15(10-19(2,3)9-13)18(23)20-11-14-5-4-6-16(8-14)24-12-17(21)22/h4-6,8,13,15H,7,9-12H2,1-3H3,(H,20,23)(H,21,22). The monoisotopic (exact) mass is 333 g/mol. The lowest BCUT2D eigenvalue weighted by Crippen LogP contribution is -2.38. The zero-order chi connectivity index (χ0) is 17.7. The molecule has 0 spiro atoms. The summed E-state index contributed by atoms with van der Waals surface area (Å²) in [6.07, 6.45) is 3.03. The molecule has 2 rings (SSSR count). The van der Waals surface area contributed by atoms with E-state index in [1.807, 2.05) is 6.07 Å². The van der Waals surface area contributed by atoms with Gasteiger partial charge in [0.1, 0.15) is 5.75 Å². The molecule has 0 bridgehead atoms. The number of nitrogens with one attached hydrogen (secondary N) is 1. The van der Waals surface area contributed by atoms with Crippen LogP contribution in [-0.4, -0.2) is 23.6 Å². The van der Waals surface area contributed by atoms with Crippen molar-refractivity contribution in [3.63, 3.8) is 0 Å². The fourth-order valence-electron chi connectivity index (χ4n) is 3.77. The average Bonchev–Trinajstić information content (AvgIpc) is 2.49. The maximum Gasteiger partial charge on any atom is 0.341 e. The molecule has 0 aliphatic heterocycles. The molecular formula is C19H27NO4. The van der Waals surface area contributed by atoms with Crippen molar-refractivity contribution < 1.29 is 19.4 Å². The molecule has 132 valence electrons. The third kappa shape index (κ3) is 5.55. The molecule has 1 saturated carbocycles. The Morgan fingerprint density at radius 3 is 2.75 bits per heavy atom. The Labute approximate surface area is 143 Å². The number of aliphatic carboxylic acids is 1. The van der Waals surface area contributed by atoms with Crippen LogP contribution in [0.4, 0.5) is 0 Å². The summed E-state index contributed by atoms with van der Waals surface area (Å²) in [5.74, 6) is 0.221. The van der Waals surface area contributed by atoms with Gasteiger partial charge < -0.3 is 15.2 Å². The van der Waals surface area contributed by atoms with Crippen LogP contribution in [0.25, 0.3) is 0 Å². The third-order valence-electron chi connectivity index (χ3n) is 4.49. The van der Waals surface area contributed by atoms with Crippen LogP contribution in [0.1, 0.15) is 45.6 Å². The van der Waals surface area contributed by atoms with E-state index in [1.54, 1.807) is 18.2 Å². The first-order valence-electron chi connectivity index (χ1n) is 8.46. The van der Waals surface area contributed by atoms with Crippen LogP contribution in [0, 0.1) is 17.3 Å². The Balaban J connectivity index is 1.89. The maximum absolute atomic E-state index is 12.5. The molecule has 0 heterocycles. The van der Waals surface area contributed by atoms with Crippen molar-refractivity contribution >= 4 is 11.9 Å². The van der Waals surface area contributed by atoms with Gasteiger partial charge in [-0.05, 0) is 48.3 Å². The van der Waals surface area contributed by atoms with Gasteiger partial charge in [0.15, 0.2) is 6.61 Å². The van der Waals surface area contributed by atoms with Crippen molar-refractivity contribution in [1.29, 1.82) is 0 Å². The highest BCUT2D eigenvalue weighted by Crippen LogP contribution is 2.41. The minimum absolute atomic E-state index is 0.0650. The number of hydrogen-bond acceptors (Lipinski definition) is 3. The fourth-order valence-corrected chi connectivity index (χ4v) is 3.77. The molecule has 2 N–H and O–H groups in total. The lowest BCUT2D eigenvalue weighted by molar-refractivity contribution is -0.139. The van der Waals surface area contributed by atoms with Gasteiger partial charge in [0.25, 0.3) is 0 Å². The minimum Gasteiger partial charge on any atom is -0.482 e.